The van der Waals surface area contributed by atoms with Gasteiger partial charge in [0.25, 0.3) is 5.56 Å². The van der Waals surface area contributed by atoms with E-state index >= 15 is 0 Å². The summed E-state index contributed by atoms with van der Waals surface area (Å²) in [5.74, 6) is 0. The van der Waals surface area contributed by atoms with E-state index in [0.717, 1.165) is 21.5 Å². The van der Waals surface area contributed by atoms with Crippen LogP contribution >= 0.6 is 11.3 Å². The smallest absolute Gasteiger partial charge is 0.263 e. The average molecular weight is 322 g/mol. The second-order valence-corrected chi connectivity index (χ2v) is 6.25. The summed E-state index contributed by atoms with van der Waals surface area (Å²) in [4.78, 5) is 18.1. The standard InChI is InChI=1S/C17H14N4OS/c1-20-8-12(7-19-20)9-21-11-18-16-15(17(21)22)14(10-23-16)13-5-3-2-4-6-13/h2-8,10-11H,9H2,1H3. The predicted molar refractivity (Wildman–Crippen MR) is 91.6 cm³/mol. The van der Waals surface area contributed by atoms with Gasteiger partial charge in [-0.3, -0.25) is 14.0 Å². The molecule has 0 amide bonds. The molecule has 4 rings (SSSR count). The van der Waals surface area contributed by atoms with Gasteiger partial charge in [-0.15, -0.1) is 11.3 Å². The zero-order valence-corrected chi connectivity index (χ0v) is 13.3. The Morgan fingerprint density at radius 1 is 1.22 bits per heavy atom. The molecule has 3 heterocycles. The maximum absolute atomic E-state index is 12.9. The number of fused-ring (bicyclic) bond motifs is 1. The van der Waals surface area contributed by atoms with Crippen molar-refractivity contribution in [1.29, 1.82) is 0 Å². The molecule has 0 N–H and O–H groups in total. The number of aryl methyl sites for hydroxylation is 1. The first-order valence-electron chi connectivity index (χ1n) is 7.22. The Hall–Kier alpha value is -2.73. The Balaban J connectivity index is 1.85. The van der Waals surface area contributed by atoms with Gasteiger partial charge in [0.1, 0.15) is 4.83 Å². The van der Waals surface area contributed by atoms with Crippen LogP contribution in [0.15, 0.2) is 59.2 Å². The third kappa shape index (κ3) is 2.47. The molecule has 0 bridgehead atoms. The number of benzene rings is 1. The lowest BCUT2D eigenvalue weighted by Gasteiger charge is -2.04. The summed E-state index contributed by atoms with van der Waals surface area (Å²) in [5.41, 5.74) is 2.95. The molecule has 6 heteroatoms. The Bertz CT molecular complexity index is 1030. The first kappa shape index (κ1) is 13.9. The predicted octanol–water partition coefficient (Wildman–Crippen LogP) is 2.91. The molecule has 23 heavy (non-hydrogen) atoms. The second-order valence-electron chi connectivity index (χ2n) is 5.40. The van der Waals surface area contributed by atoms with Crippen LogP contribution in [0.5, 0.6) is 0 Å². The summed E-state index contributed by atoms with van der Waals surface area (Å²) in [5, 5.41) is 6.83. The van der Waals surface area contributed by atoms with Crippen LogP contribution in [0.2, 0.25) is 0 Å². The van der Waals surface area contributed by atoms with Gasteiger partial charge < -0.3 is 0 Å². The molecule has 0 unspecified atom stereocenters. The number of nitrogens with zero attached hydrogens (tertiary/aromatic N) is 4. The Morgan fingerprint density at radius 2 is 2.04 bits per heavy atom. The van der Waals surface area contributed by atoms with E-state index in [4.69, 9.17) is 0 Å². The molecule has 0 aliphatic carbocycles. The minimum absolute atomic E-state index is 0.0149. The molecule has 114 valence electrons. The van der Waals surface area contributed by atoms with Crippen molar-refractivity contribution in [1.82, 2.24) is 19.3 Å². The van der Waals surface area contributed by atoms with E-state index in [2.05, 4.69) is 10.1 Å². The average Bonchev–Trinajstić information content (AvgIpc) is 3.17. The van der Waals surface area contributed by atoms with Gasteiger partial charge in [0, 0.05) is 29.8 Å². The van der Waals surface area contributed by atoms with Crippen molar-refractivity contribution in [2.75, 3.05) is 0 Å². The van der Waals surface area contributed by atoms with E-state index in [-0.39, 0.29) is 5.56 Å². The van der Waals surface area contributed by atoms with Crippen molar-refractivity contribution >= 4 is 21.6 Å². The normalized spacial score (nSPS) is 11.2. The first-order chi connectivity index (χ1) is 11.2. The highest BCUT2D eigenvalue weighted by molar-refractivity contribution is 7.17. The zero-order chi connectivity index (χ0) is 15.8. The summed E-state index contributed by atoms with van der Waals surface area (Å²) < 4.78 is 3.37. The number of aromatic nitrogens is 4. The van der Waals surface area contributed by atoms with Gasteiger partial charge in [-0.1, -0.05) is 30.3 Å². The molecule has 0 radical (unpaired) electrons. The van der Waals surface area contributed by atoms with E-state index in [1.54, 1.807) is 21.8 Å². The minimum Gasteiger partial charge on any atom is -0.294 e. The molecule has 5 nitrogen and oxygen atoms in total. The SMILES string of the molecule is Cn1cc(Cn2cnc3scc(-c4ccccc4)c3c2=O)cn1. The summed E-state index contributed by atoms with van der Waals surface area (Å²) in [6.45, 7) is 0.472. The van der Waals surface area contributed by atoms with E-state index < -0.39 is 0 Å². The molecule has 0 atom stereocenters. The van der Waals surface area contributed by atoms with Gasteiger partial charge in [0.15, 0.2) is 0 Å². The number of hydrogen-bond acceptors (Lipinski definition) is 4. The van der Waals surface area contributed by atoms with E-state index in [1.165, 1.54) is 11.3 Å². The van der Waals surface area contributed by atoms with E-state index in [9.17, 15) is 4.79 Å². The highest BCUT2D eigenvalue weighted by atomic mass is 32.1. The monoisotopic (exact) mass is 322 g/mol. The van der Waals surface area contributed by atoms with Crippen LogP contribution in [-0.4, -0.2) is 19.3 Å². The van der Waals surface area contributed by atoms with Crippen molar-refractivity contribution in [3.05, 3.63) is 70.4 Å². The fourth-order valence-corrected chi connectivity index (χ4v) is 3.57. The molecule has 0 aliphatic heterocycles. The summed E-state index contributed by atoms with van der Waals surface area (Å²) in [7, 11) is 1.86. The molecule has 4 aromatic rings. The first-order valence-corrected chi connectivity index (χ1v) is 8.10. The summed E-state index contributed by atoms with van der Waals surface area (Å²) >= 11 is 1.50. The van der Waals surface area contributed by atoms with Crippen molar-refractivity contribution < 1.29 is 0 Å². The van der Waals surface area contributed by atoms with Gasteiger partial charge in [-0.05, 0) is 5.56 Å². The minimum atomic E-state index is -0.0149. The number of rotatable bonds is 3. The van der Waals surface area contributed by atoms with Gasteiger partial charge in [-0.25, -0.2) is 4.98 Å². The largest absolute Gasteiger partial charge is 0.294 e. The lowest BCUT2D eigenvalue weighted by Crippen LogP contribution is -2.20. The highest BCUT2D eigenvalue weighted by Gasteiger charge is 2.13. The second kappa shape index (κ2) is 5.48. The summed E-state index contributed by atoms with van der Waals surface area (Å²) in [6.07, 6.45) is 5.29. The molecule has 0 fully saturated rings. The van der Waals surface area contributed by atoms with Crippen molar-refractivity contribution in [2.24, 2.45) is 7.05 Å². The van der Waals surface area contributed by atoms with Crippen LogP contribution in [-0.2, 0) is 13.6 Å². The fraction of sp³-hybridized carbons (Fsp3) is 0.118. The molecular weight excluding hydrogens is 308 g/mol. The number of hydrogen-bond donors (Lipinski definition) is 0. The third-order valence-electron chi connectivity index (χ3n) is 3.76. The van der Waals surface area contributed by atoms with E-state index in [0.29, 0.717) is 11.9 Å². The zero-order valence-electron chi connectivity index (χ0n) is 12.5. The van der Waals surface area contributed by atoms with Gasteiger partial charge in [-0.2, -0.15) is 5.10 Å². The van der Waals surface area contributed by atoms with Gasteiger partial charge >= 0.3 is 0 Å². The fourth-order valence-electron chi connectivity index (χ4n) is 2.66. The molecule has 1 aromatic carbocycles. The van der Waals surface area contributed by atoms with Crippen molar-refractivity contribution in [3.63, 3.8) is 0 Å². The maximum Gasteiger partial charge on any atom is 0.263 e. The quantitative estimate of drug-likeness (QED) is 0.583. The Labute approximate surface area is 136 Å². The number of thiophene rings is 1. The summed E-state index contributed by atoms with van der Waals surface area (Å²) in [6, 6.07) is 9.95. The molecule has 0 saturated carbocycles. The van der Waals surface area contributed by atoms with Crippen LogP contribution < -0.4 is 5.56 Å². The lowest BCUT2D eigenvalue weighted by molar-refractivity contribution is 0.743. The Kier molecular flexibility index (Phi) is 3.31. The molecule has 0 spiro atoms. The van der Waals surface area contributed by atoms with Gasteiger partial charge in [0.05, 0.1) is 24.5 Å². The van der Waals surface area contributed by atoms with Crippen molar-refractivity contribution in [3.8, 4) is 11.1 Å². The van der Waals surface area contributed by atoms with Crippen LogP contribution in [0.25, 0.3) is 21.3 Å². The van der Waals surface area contributed by atoms with Crippen molar-refractivity contribution in [2.45, 2.75) is 6.54 Å². The van der Waals surface area contributed by atoms with Crippen LogP contribution in [0.4, 0.5) is 0 Å². The highest BCUT2D eigenvalue weighted by Crippen LogP contribution is 2.30. The van der Waals surface area contributed by atoms with Crippen LogP contribution in [0.1, 0.15) is 5.56 Å². The molecule has 3 aromatic heterocycles. The molecular formula is C17H14N4OS. The Morgan fingerprint density at radius 3 is 2.78 bits per heavy atom. The maximum atomic E-state index is 12.9. The third-order valence-corrected chi connectivity index (χ3v) is 4.64. The topological polar surface area (TPSA) is 52.7 Å². The lowest BCUT2D eigenvalue weighted by atomic mass is 10.1. The van der Waals surface area contributed by atoms with Crippen LogP contribution in [0, 0.1) is 0 Å². The molecule has 0 aliphatic rings. The van der Waals surface area contributed by atoms with Crippen LogP contribution in [0.3, 0.4) is 0 Å². The molecule has 0 saturated heterocycles. The van der Waals surface area contributed by atoms with E-state index in [1.807, 2.05) is 49.0 Å². The van der Waals surface area contributed by atoms with Gasteiger partial charge in [0.2, 0.25) is 0 Å².